The van der Waals surface area contributed by atoms with Gasteiger partial charge in [0.25, 0.3) is 5.88 Å². The molecule has 5 unspecified atom stereocenters. The van der Waals surface area contributed by atoms with E-state index in [1.807, 2.05) is 25.7 Å². The van der Waals surface area contributed by atoms with Crippen LogP contribution in [0.1, 0.15) is 95.1 Å². The number of hydrogen-bond acceptors (Lipinski definition) is 13. The minimum atomic E-state index is -0.751. The number of carbonyl (C=O) groups is 2. The number of phenols is 1. The fourth-order valence-corrected chi connectivity index (χ4v) is 11.7. The first-order valence-corrected chi connectivity index (χ1v) is 27.5. The third-order valence-corrected chi connectivity index (χ3v) is 16.0. The molecule has 2 bridgehead atoms. The molecule has 7 heterocycles. The maximum absolute atomic E-state index is 16.9. The standard InChI is InChI=1S/C46H52F2N8O5.C15H13F2NO/c1-5-33-36(47)11-8-29-19-32(57)20-34(40(29)33)42-41(48)43-35(22-49-42)44(55-23-30-9-10-31(24-55)50-30)52-46(51-43)59-18-17-54-15-12-28(13-16-54)25-60-38-21-37(61-53-38)39(26(2)3)45(58)56-14-6-7-27(56)4;1-10(18-9-19)11-5-7-12(8-6-11)15-13(16)3-2-4-14(15)17/h1,8,11,19-22,26-28,30-31,39,50,57H,6-7,9-10,12-18,23-25H2,2-4H3;2-10H,1H3,(H,18,19). The summed E-state index contributed by atoms with van der Waals surface area (Å²) in [4.78, 5) is 44.2. The number of halogens is 4. The molecular formula is C61H65F4N9O6. The highest BCUT2D eigenvalue weighted by molar-refractivity contribution is 6.03. The molecule has 0 radical (unpaired) electrons. The SMILES string of the molecule is C#Cc1c(F)ccc2cc(O)cc(-c3ncc4c(N5CC6CCC(C5)N6)nc(OCCN5CCC(COc6cc(C(C(=O)N7CCCC7C)C(C)C)on6)CC5)nc4c3F)c12.CC(NC=O)c1ccc(-c2c(F)cccc2F)cc1. The Bertz CT molecular complexity index is 3390. The fourth-order valence-electron chi connectivity index (χ4n) is 11.7. The molecule has 0 aliphatic carbocycles. The summed E-state index contributed by atoms with van der Waals surface area (Å²) < 4.78 is 77.1. The summed E-state index contributed by atoms with van der Waals surface area (Å²) in [6.07, 6.45) is 13.9. The summed E-state index contributed by atoms with van der Waals surface area (Å²) in [5.74, 6) is 1.27. The molecule has 0 spiro atoms. The zero-order valence-corrected chi connectivity index (χ0v) is 45.2. The number of anilines is 1. The van der Waals surface area contributed by atoms with E-state index in [0.717, 1.165) is 63.7 Å². The lowest BCUT2D eigenvalue weighted by molar-refractivity contribution is -0.135. The van der Waals surface area contributed by atoms with Crippen LogP contribution in [0.25, 0.3) is 44.1 Å². The normalized spacial score (nSPS) is 19.2. The number of fused-ring (bicyclic) bond motifs is 4. The Hall–Kier alpha value is -7.82. The van der Waals surface area contributed by atoms with E-state index in [1.54, 1.807) is 30.3 Å². The summed E-state index contributed by atoms with van der Waals surface area (Å²) in [6, 6.07) is 18.5. The molecule has 4 fully saturated rings. The zero-order valence-electron chi connectivity index (χ0n) is 45.2. The molecule has 7 aromatic rings. The largest absolute Gasteiger partial charge is 0.508 e. The number of aromatic hydroxyl groups is 1. The van der Waals surface area contributed by atoms with Gasteiger partial charge in [-0.05, 0) is 129 Å². The van der Waals surface area contributed by atoms with Crippen LogP contribution in [-0.4, -0.2) is 118 Å². The van der Waals surface area contributed by atoms with Crippen LogP contribution in [0.3, 0.4) is 0 Å². The smallest absolute Gasteiger partial charge is 0.319 e. The number of piperazine rings is 1. The Balaban J connectivity index is 0.000000320. The third kappa shape index (κ3) is 11.9. The van der Waals surface area contributed by atoms with Crippen molar-refractivity contribution < 1.29 is 46.3 Å². The van der Waals surface area contributed by atoms with E-state index in [1.165, 1.54) is 48.7 Å². The first-order chi connectivity index (χ1) is 38.7. The average Bonchev–Trinajstić information content (AvgIpc) is 4.21. The van der Waals surface area contributed by atoms with Crippen molar-refractivity contribution in [1.82, 2.24) is 40.5 Å². The number of amides is 2. The van der Waals surface area contributed by atoms with Gasteiger partial charge in [-0.3, -0.25) is 19.5 Å². The predicted molar refractivity (Wildman–Crippen MR) is 296 cm³/mol. The maximum atomic E-state index is 16.9. The first kappa shape index (κ1) is 55.5. The van der Waals surface area contributed by atoms with Crippen LogP contribution in [0.2, 0.25) is 0 Å². The molecule has 4 saturated heterocycles. The topological polar surface area (TPSA) is 171 Å². The summed E-state index contributed by atoms with van der Waals surface area (Å²) in [7, 11) is 0. The molecule has 3 N–H and O–H groups in total. The van der Waals surface area contributed by atoms with Crippen molar-refractivity contribution >= 4 is 39.8 Å². The molecule has 5 atom stereocenters. The van der Waals surface area contributed by atoms with Gasteiger partial charge < -0.3 is 39.5 Å². The second-order valence-corrected chi connectivity index (χ2v) is 21.7. The number of nitrogens with zero attached hydrogens (tertiary/aromatic N) is 7. The van der Waals surface area contributed by atoms with E-state index in [2.05, 4.69) is 48.4 Å². The van der Waals surface area contributed by atoms with Gasteiger partial charge in [0.2, 0.25) is 12.3 Å². The van der Waals surface area contributed by atoms with Crippen LogP contribution in [0, 0.1) is 47.4 Å². The van der Waals surface area contributed by atoms with Crippen LogP contribution < -0.4 is 25.0 Å². The number of ether oxygens (including phenoxy) is 2. The molecule has 418 valence electrons. The van der Waals surface area contributed by atoms with Gasteiger partial charge in [0.1, 0.15) is 52.8 Å². The van der Waals surface area contributed by atoms with Crippen molar-refractivity contribution in [3.63, 3.8) is 0 Å². The quantitative estimate of drug-likeness (QED) is 0.0475. The average molecular weight is 1100 g/mol. The predicted octanol–water partition coefficient (Wildman–Crippen LogP) is 10.1. The molecular weight excluding hydrogens is 1030 g/mol. The Morgan fingerprint density at radius 2 is 1.66 bits per heavy atom. The highest BCUT2D eigenvalue weighted by Gasteiger charge is 2.37. The number of phenolic OH excluding ortho intramolecular Hbond substituents is 1. The lowest BCUT2D eigenvalue weighted by Crippen LogP contribution is -2.51. The van der Waals surface area contributed by atoms with Gasteiger partial charge >= 0.3 is 6.01 Å². The van der Waals surface area contributed by atoms with Crippen LogP contribution in [0.4, 0.5) is 23.4 Å². The van der Waals surface area contributed by atoms with Gasteiger partial charge in [0.15, 0.2) is 11.6 Å². The van der Waals surface area contributed by atoms with Gasteiger partial charge in [0.05, 0.1) is 29.2 Å². The number of nitrogens with one attached hydrogen (secondary N) is 2. The van der Waals surface area contributed by atoms with E-state index in [9.17, 15) is 27.9 Å². The highest BCUT2D eigenvalue weighted by Crippen LogP contribution is 2.40. The molecule has 4 aromatic carbocycles. The fraction of sp³-hybridized carbons (Fsp3) is 0.410. The van der Waals surface area contributed by atoms with Crippen molar-refractivity contribution in [2.75, 3.05) is 57.4 Å². The van der Waals surface area contributed by atoms with Crippen molar-refractivity contribution in [1.29, 1.82) is 0 Å². The lowest BCUT2D eigenvalue weighted by Gasteiger charge is -2.34. The van der Waals surface area contributed by atoms with Crippen LogP contribution in [0.15, 0.2) is 83.5 Å². The summed E-state index contributed by atoms with van der Waals surface area (Å²) in [6.45, 7) is 13.2. The second kappa shape index (κ2) is 24.3. The number of terminal acetylenes is 1. The number of benzene rings is 4. The van der Waals surface area contributed by atoms with Gasteiger partial charge in [0, 0.05) is 67.5 Å². The number of likely N-dealkylation sites (tertiary alicyclic amines) is 2. The van der Waals surface area contributed by atoms with E-state index in [-0.39, 0.29) is 75.6 Å². The van der Waals surface area contributed by atoms with Gasteiger partial charge in [-0.1, -0.05) is 56.2 Å². The number of piperidine rings is 1. The van der Waals surface area contributed by atoms with Crippen molar-refractivity contribution in [2.45, 2.75) is 96.3 Å². The number of pyridine rings is 1. The van der Waals surface area contributed by atoms with E-state index >= 15 is 4.39 Å². The summed E-state index contributed by atoms with van der Waals surface area (Å²) in [5, 5.41) is 22.2. The Morgan fingerprint density at radius 3 is 2.34 bits per heavy atom. The molecule has 4 aliphatic heterocycles. The zero-order chi connectivity index (χ0) is 56.2. The summed E-state index contributed by atoms with van der Waals surface area (Å²) in [5.41, 5.74) is 1.30. The van der Waals surface area contributed by atoms with Gasteiger partial charge in [-0.25, -0.2) is 17.6 Å². The Morgan fingerprint density at radius 1 is 0.925 bits per heavy atom. The minimum Gasteiger partial charge on any atom is -0.508 e. The van der Waals surface area contributed by atoms with Crippen LogP contribution >= 0.6 is 0 Å². The molecule has 11 rings (SSSR count). The van der Waals surface area contributed by atoms with E-state index < -0.39 is 29.2 Å². The molecule has 0 saturated carbocycles. The Labute approximate surface area is 462 Å². The highest BCUT2D eigenvalue weighted by atomic mass is 19.1. The second-order valence-electron chi connectivity index (χ2n) is 21.7. The van der Waals surface area contributed by atoms with Crippen molar-refractivity contribution in [3.05, 3.63) is 119 Å². The Kier molecular flexibility index (Phi) is 16.8. The van der Waals surface area contributed by atoms with E-state index in [4.69, 9.17) is 25.4 Å². The first-order valence-electron chi connectivity index (χ1n) is 27.5. The molecule has 19 heteroatoms. The van der Waals surface area contributed by atoms with Gasteiger partial charge in [-0.15, -0.1) is 6.42 Å². The summed E-state index contributed by atoms with van der Waals surface area (Å²) >= 11 is 0. The lowest BCUT2D eigenvalue weighted by atomic mass is 9.91. The molecule has 80 heavy (non-hydrogen) atoms. The number of rotatable bonds is 16. The molecule has 4 aliphatic rings. The third-order valence-electron chi connectivity index (χ3n) is 16.0. The molecule has 15 nitrogen and oxygen atoms in total. The molecule has 3 aromatic heterocycles. The molecule has 2 amide bonds. The van der Waals surface area contributed by atoms with Crippen molar-refractivity contribution in [2.24, 2.45) is 11.8 Å². The monoisotopic (exact) mass is 1100 g/mol. The van der Waals surface area contributed by atoms with Crippen molar-refractivity contribution in [3.8, 4) is 52.4 Å². The maximum Gasteiger partial charge on any atom is 0.319 e. The van der Waals surface area contributed by atoms with Gasteiger partial charge in [-0.2, -0.15) is 9.97 Å². The number of carbonyl (C=O) groups excluding carboxylic acids is 2. The minimum absolute atomic E-state index is 0.0126. The van der Waals surface area contributed by atoms with E-state index in [0.29, 0.717) is 84.4 Å². The van der Waals surface area contributed by atoms with Crippen LogP contribution in [-0.2, 0) is 9.59 Å². The number of hydrogen-bond donors (Lipinski definition) is 3. The van der Waals surface area contributed by atoms with Crippen LogP contribution in [0.5, 0.6) is 17.6 Å². The number of aromatic nitrogens is 4.